The molecule has 3 aromatic heterocycles. The molecule has 0 amide bonds. The number of ether oxygens (including phenoxy) is 2. The second-order valence-corrected chi connectivity index (χ2v) is 6.30. The van der Waals surface area contributed by atoms with E-state index in [1.54, 1.807) is 6.20 Å². The average molecular weight is 354 g/mol. The molecule has 1 atom stereocenters. The Morgan fingerprint density at radius 2 is 2.00 bits per heavy atom. The Morgan fingerprint density at radius 3 is 2.73 bits per heavy atom. The van der Waals surface area contributed by atoms with Crippen molar-refractivity contribution >= 4 is 11.6 Å². The molecule has 0 saturated heterocycles. The topological polar surface area (TPSA) is 70.7 Å². The first-order valence-corrected chi connectivity index (χ1v) is 9.01. The Kier molecular flexibility index (Phi) is 4.14. The summed E-state index contributed by atoms with van der Waals surface area (Å²) < 4.78 is 14.2. The molecule has 4 heterocycles. The summed E-state index contributed by atoms with van der Waals surface area (Å²) in [5.74, 6) is 0.237. The highest BCUT2D eigenvalue weighted by Crippen LogP contribution is 2.40. The maximum atomic E-state index is 11.6. The van der Waals surface area contributed by atoms with Gasteiger partial charge in [0.25, 0.3) is 6.01 Å². The minimum atomic E-state index is -0.469. The molecule has 26 heavy (non-hydrogen) atoms. The molecule has 1 aliphatic carbocycles. The van der Waals surface area contributed by atoms with Crippen molar-refractivity contribution in [2.24, 2.45) is 0 Å². The van der Waals surface area contributed by atoms with Gasteiger partial charge < -0.3 is 13.9 Å². The molecule has 7 nitrogen and oxygen atoms in total. The van der Waals surface area contributed by atoms with Crippen molar-refractivity contribution in [3.8, 4) is 6.01 Å². The molecule has 0 N–H and O–H groups in total. The molecule has 0 spiro atoms. The highest BCUT2D eigenvalue weighted by atomic mass is 16.5. The van der Waals surface area contributed by atoms with E-state index in [2.05, 4.69) is 27.7 Å². The van der Waals surface area contributed by atoms with Gasteiger partial charge in [-0.15, -0.1) is 0 Å². The van der Waals surface area contributed by atoms with E-state index in [1.807, 2.05) is 24.6 Å². The molecule has 1 fully saturated rings. The molecule has 3 aromatic rings. The smallest absolute Gasteiger partial charge is 0.358 e. The summed E-state index contributed by atoms with van der Waals surface area (Å²) in [5, 5.41) is 0. The number of methoxy groups -OCH3 is 1. The summed E-state index contributed by atoms with van der Waals surface area (Å²) in [6, 6.07) is 4.56. The standard InChI is InChI=1S/C17H16N4O3.C2H6/c1-23-16(22)13-8-21-14(9-24-17(21)19-13)12-7-20-6-11(10-2-3-10)4-5-15(20)18-12;1-2/h4-8,10,14H,2-3,9H2,1H3;1-2H3. The first kappa shape index (κ1) is 16.6. The van der Waals surface area contributed by atoms with Gasteiger partial charge in [0.1, 0.15) is 18.3 Å². The van der Waals surface area contributed by atoms with E-state index in [0.717, 1.165) is 11.3 Å². The summed E-state index contributed by atoms with van der Waals surface area (Å²) in [6.45, 7) is 4.46. The fourth-order valence-corrected chi connectivity index (χ4v) is 3.22. The zero-order valence-corrected chi connectivity index (χ0v) is 15.2. The van der Waals surface area contributed by atoms with Gasteiger partial charge in [-0.05, 0) is 30.4 Å². The Balaban J connectivity index is 0.000000814. The molecule has 5 rings (SSSR count). The zero-order valence-electron chi connectivity index (χ0n) is 15.2. The molecular weight excluding hydrogens is 332 g/mol. The van der Waals surface area contributed by atoms with E-state index in [-0.39, 0.29) is 11.7 Å². The summed E-state index contributed by atoms with van der Waals surface area (Å²) in [6.07, 6.45) is 8.41. The number of fused-ring (bicyclic) bond motifs is 2. The van der Waals surface area contributed by atoms with Crippen LogP contribution in [0.4, 0.5) is 0 Å². The predicted octanol–water partition coefficient (Wildman–Crippen LogP) is 3.20. The minimum Gasteiger partial charge on any atom is -0.464 e. The lowest BCUT2D eigenvalue weighted by molar-refractivity contribution is 0.0593. The van der Waals surface area contributed by atoms with Crippen molar-refractivity contribution in [2.45, 2.75) is 38.6 Å². The summed E-state index contributed by atoms with van der Waals surface area (Å²) in [5.41, 5.74) is 3.43. The lowest BCUT2D eigenvalue weighted by atomic mass is 10.2. The van der Waals surface area contributed by atoms with E-state index in [0.29, 0.717) is 18.5 Å². The van der Waals surface area contributed by atoms with Crippen LogP contribution in [0.2, 0.25) is 0 Å². The van der Waals surface area contributed by atoms with Gasteiger partial charge in [0.2, 0.25) is 0 Å². The second-order valence-electron chi connectivity index (χ2n) is 6.30. The van der Waals surface area contributed by atoms with Crippen LogP contribution in [0.25, 0.3) is 5.65 Å². The van der Waals surface area contributed by atoms with Gasteiger partial charge in [0.05, 0.1) is 12.8 Å². The Hall–Kier alpha value is -2.83. The molecule has 0 radical (unpaired) electrons. The Bertz CT molecular complexity index is 955. The van der Waals surface area contributed by atoms with Crippen LogP contribution in [0.3, 0.4) is 0 Å². The van der Waals surface area contributed by atoms with E-state index in [1.165, 1.54) is 25.5 Å². The number of pyridine rings is 1. The molecule has 0 bridgehead atoms. The SMILES string of the molecule is CC.COC(=O)c1cn2c(n1)OCC2c1cn2cc(C3CC3)ccc2n1. The van der Waals surface area contributed by atoms with Crippen LogP contribution < -0.4 is 4.74 Å². The lowest BCUT2D eigenvalue weighted by Gasteiger charge is -2.05. The third-order valence-electron chi connectivity index (χ3n) is 4.68. The highest BCUT2D eigenvalue weighted by Gasteiger charge is 2.31. The maximum Gasteiger partial charge on any atom is 0.358 e. The largest absolute Gasteiger partial charge is 0.464 e. The fourth-order valence-electron chi connectivity index (χ4n) is 3.22. The number of esters is 1. The first-order valence-electron chi connectivity index (χ1n) is 9.01. The van der Waals surface area contributed by atoms with Crippen LogP contribution >= 0.6 is 0 Å². The number of aromatic nitrogens is 4. The van der Waals surface area contributed by atoms with Gasteiger partial charge in [0.15, 0.2) is 5.69 Å². The Morgan fingerprint density at radius 1 is 1.19 bits per heavy atom. The molecule has 1 saturated carbocycles. The molecule has 0 aromatic carbocycles. The minimum absolute atomic E-state index is 0.0878. The number of carbonyl (C=O) groups is 1. The summed E-state index contributed by atoms with van der Waals surface area (Å²) in [7, 11) is 1.34. The first-order chi connectivity index (χ1) is 12.7. The van der Waals surface area contributed by atoms with Gasteiger partial charge in [-0.2, -0.15) is 4.98 Å². The number of imidazole rings is 2. The monoisotopic (exact) mass is 354 g/mol. The quantitative estimate of drug-likeness (QED) is 0.676. The lowest BCUT2D eigenvalue weighted by Crippen LogP contribution is -2.10. The highest BCUT2D eigenvalue weighted by molar-refractivity contribution is 5.87. The van der Waals surface area contributed by atoms with Crippen molar-refractivity contribution in [1.82, 2.24) is 18.9 Å². The van der Waals surface area contributed by atoms with Crippen LogP contribution in [0.15, 0.2) is 30.7 Å². The predicted molar refractivity (Wildman–Crippen MR) is 95.7 cm³/mol. The molecule has 1 aliphatic heterocycles. The molecule has 136 valence electrons. The number of hydrogen-bond acceptors (Lipinski definition) is 5. The Labute approximate surface area is 151 Å². The zero-order chi connectivity index (χ0) is 18.3. The second kappa shape index (κ2) is 6.48. The van der Waals surface area contributed by atoms with E-state index >= 15 is 0 Å². The van der Waals surface area contributed by atoms with Crippen LogP contribution in [0.1, 0.15) is 60.4 Å². The van der Waals surface area contributed by atoms with E-state index in [4.69, 9.17) is 14.5 Å². The van der Waals surface area contributed by atoms with Crippen molar-refractivity contribution < 1.29 is 14.3 Å². The van der Waals surface area contributed by atoms with Gasteiger partial charge in [0, 0.05) is 18.6 Å². The number of hydrogen-bond donors (Lipinski definition) is 0. The van der Waals surface area contributed by atoms with Crippen LogP contribution in [-0.2, 0) is 4.74 Å². The average Bonchev–Trinajstić information content (AvgIpc) is 3.13. The van der Waals surface area contributed by atoms with Gasteiger partial charge >= 0.3 is 5.97 Å². The van der Waals surface area contributed by atoms with Gasteiger partial charge in [-0.1, -0.05) is 19.9 Å². The third kappa shape index (κ3) is 2.73. The molecule has 7 heteroatoms. The number of rotatable bonds is 3. The van der Waals surface area contributed by atoms with Crippen molar-refractivity contribution in [3.63, 3.8) is 0 Å². The molecule has 2 aliphatic rings. The van der Waals surface area contributed by atoms with Gasteiger partial charge in [-0.3, -0.25) is 4.57 Å². The maximum absolute atomic E-state index is 11.6. The van der Waals surface area contributed by atoms with Gasteiger partial charge in [-0.25, -0.2) is 9.78 Å². The van der Waals surface area contributed by atoms with Crippen molar-refractivity contribution in [3.05, 3.63) is 47.7 Å². The fraction of sp³-hybridized carbons (Fsp3) is 0.421. The third-order valence-corrected chi connectivity index (χ3v) is 4.68. The number of nitrogens with zero attached hydrogens (tertiary/aromatic N) is 4. The molecular formula is C19H22N4O3. The van der Waals surface area contributed by atoms with Crippen LogP contribution in [-0.4, -0.2) is 38.6 Å². The normalized spacial score (nSPS) is 18.0. The van der Waals surface area contributed by atoms with E-state index < -0.39 is 5.97 Å². The summed E-state index contributed by atoms with van der Waals surface area (Å²) >= 11 is 0. The molecule has 1 unspecified atom stereocenters. The van der Waals surface area contributed by atoms with Crippen molar-refractivity contribution in [2.75, 3.05) is 13.7 Å². The van der Waals surface area contributed by atoms with E-state index in [9.17, 15) is 4.79 Å². The van der Waals surface area contributed by atoms with Crippen LogP contribution in [0.5, 0.6) is 6.01 Å². The summed E-state index contributed by atoms with van der Waals surface area (Å²) in [4.78, 5) is 20.5. The van der Waals surface area contributed by atoms with Crippen LogP contribution in [0, 0.1) is 0 Å². The number of carbonyl (C=O) groups excluding carboxylic acids is 1. The van der Waals surface area contributed by atoms with Crippen molar-refractivity contribution in [1.29, 1.82) is 0 Å².